The lowest BCUT2D eigenvalue weighted by Gasteiger charge is -2.35. The smallest absolute Gasteiger partial charge is 0.123 e. The van der Waals surface area contributed by atoms with Crippen LogP contribution in [0.3, 0.4) is 0 Å². The summed E-state index contributed by atoms with van der Waals surface area (Å²) in [7, 11) is 0. The Balaban J connectivity index is 2.06. The van der Waals surface area contributed by atoms with Crippen molar-refractivity contribution in [2.45, 2.75) is 51.7 Å². The average Bonchev–Trinajstić information content (AvgIpc) is 2.89. The molecule has 0 aromatic carbocycles. The molecule has 2 heterocycles. The standard InChI is InChI=1S/C15H23N3OS/c1-11(5-6-16)18-7-8-19-12(9-18)14-17-13(10-20-14)15(2,3)4/h10-12H,5,7-9H2,1-4H3. The van der Waals surface area contributed by atoms with E-state index in [2.05, 4.69) is 44.0 Å². The third-order valence-electron chi connectivity index (χ3n) is 3.67. The lowest BCUT2D eigenvalue weighted by atomic mass is 9.93. The zero-order valence-corrected chi connectivity index (χ0v) is 13.5. The van der Waals surface area contributed by atoms with Gasteiger partial charge in [0, 0.05) is 29.9 Å². The second kappa shape index (κ2) is 6.21. The number of hydrogen-bond acceptors (Lipinski definition) is 5. The van der Waals surface area contributed by atoms with Crippen molar-refractivity contribution in [3.8, 4) is 6.07 Å². The SMILES string of the molecule is CC(CC#N)N1CCOC(c2nc(C(C)(C)C)cs2)C1. The average molecular weight is 293 g/mol. The summed E-state index contributed by atoms with van der Waals surface area (Å²) < 4.78 is 5.87. The van der Waals surface area contributed by atoms with E-state index in [1.165, 1.54) is 0 Å². The molecule has 0 radical (unpaired) electrons. The van der Waals surface area contributed by atoms with E-state index < -0.39 is 0 Å². The van der Waals surface area contributed by atoms with Crippen molar-refractivity contribution in [1.82, 2.24) is 9.88 Å². The highest BCUT2D eigenvalue weighted by molar-refractivity contribution is 7.09. The van der Waals surface area contributed by atoms with Gasteiger partial charge in [0.05, 0.1) is 24.8 Å². The monoisotopic (exact) mass is 293 g/mol. The summed E-state index contributed by atoms with van der Waals surface area (Å²) in [6.45, 7) is 11.1. The summed E-state index contributed by atoms with van der Waals surface area (Å²) in [6, 6.07) is 2.53. The van der Waals surface area contributed by atoms with Crippen molar-refractivity contribution in [2.24, 2.45) is 0 Å². The van der Waals surface area contributed by atoms with Gasteiger partial charge in [-0.1, -0.05) is 20.8 Å². The molecular weight excluding hydrogens is 270 g/mol. The van der Waals surface area contributed by atoms with Crippen LogP contribution < -0.4 is 0 Å². The van der Waals surface area contributed by atoms with Crippen LogP contribution in [0.25, 0.3) is 0 Å². The topological polar surface area (TPSA) is 49.2 Å². The number of nitriles is 1. The van der Waals surface area contributed by atoms with Gasteiger partial charge in [0.25, 0.3) is 0 Å². The van der Waals surface area contributed by atoms with Crippen LogP contribution in [0.5, 0.6) is 0 Å². The number of hydrogen-bond donors (Lipinski definition) is 0. The predicted molar refractivity (Wildman–Crippen MR) is 80.8 cm³/mol. The van der Waals surface area contributed by atoms with E-state index in [-0.39, 0.29) is 17.6 Å². The van der Waals surface area contributed by atoms with E-state index in [1.54, 1.807) is 11.3 Å². The zero-order valence-electron chi connectivity index (χ0n) is 12.7. The van der Waals surface area contributed by atoms with Gasteiger partial charge in [0.2, 0.25) is 0 Å². The van der Waals surface area contributed by atoms with Gasteiger partial charge in [-0.25, -0.2) is 4.98 Å². The minimum absolute atomic E-state index is 0.0472. The minimum Gasteiger partial charge on any atom is -0.368 e. The van der Waals surface area contributed by atoms with Crippen molar-refractivity contribution in [3.63, 3.8) is 0 Å². The van der Waals surface area contributed by atoms with Gasteiger partial charge >= 0.3 is 0 Å². The Bertz CT molecular complexity index is 486. The van der Waals surface area contributed by atoms with Crippen LogP contribution in [0.2, 0.25) is 0 Å². The summed E-state index contributed by atoms with van der Waals surface area (Å²) in [5.41, 5.74) is 1.21. The van der Waals surface area contributed by atoms with Gasteiger partial charge in [-0.3, -0.25) is 4.90 Å². The quantitative estimate of drug-likeness (QED) is 0.859. The Morgan fingerprint density at radius 3 is 2.95 bits per heavy atom. The number of ether oxygens (including phenoxy) is 1. The highest BCUT2D eigenvalue weighted by atomic mass is 32.1. The van der Waals surface area contributed by atoms with Gasteiger partial charge in [0.1, 0.15) is 11.1 Å². The van der Waals surface area contributed by atoms with Crippen LogP contribution in [-0.2, 0) is 10.2 Å². The van der Waals surface area contributed by atoms with E-state index in [9.17, 15) is 0 Å². The Morgan fingerprint density at radius 2 is 2.35 bits per heavy atom. The number of rotatable bonds is 3. The van der Waals surface area contributed by atoms with Crippen LogP contribution in [0.1, 0.15) is 50.9 Å². The van der Waals surface area contributed by atoms with Gasteiger partial charge in [-0.15, -0.1) is 11.3 Å². The summed E-state index contributed by atoms with van der Waals surface area (Å²) in [4.78, 5) is 7.08. The van der Waals surface area contributed by atoms with Crippen LogP contribution in [0.4, 0.5) is 0 Å². The van der Waals surface area contributed by atoms with E-state index in [4.69, 9.17) is 15.0 Å². The summed E-state index contributed by atoms with van der Waals surface area (Å²) >= 11 is 1.68. The van der Waals surface area contributed by atoms with Gasteiger partial charge < -0.3 is 4.74 Å². The van der Waals surface area contributed by atoms with Crippen LogP contribution >= 0.6 is 11.3 Å². The minimum atomic E-state index is 0.0472. The maximum atomic E-state index is 8.82. The van der Waals surface area contributed by atoms with Gasteiger partial charge in [-0.2, -0.15) is 5.26 Å². The molecule has 2 unspecified atom stereocenters. The van der Waals surface area contributed by atoms with Crippen LogP contribution in [0, 0.1) is 11.3 Å². The zero-order chi connectivity index (χ0) is 14.8. The lowest BCUT2D eigenvalue weighted by molar-refractivity contribution is -0.0421. The summed E-state index contributed by atoms with van der Waals surface area (Å²) in [6.07, 6.45) is 0.615. The highest BCUT2D eigenvalue weighted by Gasteiger charge is 2.28. The number of thiazole rings is 1. The molecule has 0 amide bonds. The molecule has 2 atom stereocenters. The largest absolute Gasteiger partial charge is 0.368 e. The number of aromatic nitrogens is 1. The van der Waals surface area contributed by atoms with E-state index in [0.29, 0.717) is 13.0 Å². The Hall–Kier alpha value is -0.960. The lowest BCUT2D eigenvalue weighted by Crippen LogP contribution is -2.43. The fourth-order valence-corrected chi connectivity index (χ4v) is 3.34. The highest BCUT2D eigenvalue weighted by Crippen LogP contribution is 2.30. The van der Waals surface area contributed by atoms with E-state index >= 15 is 0 Å². The molecule has 0 spiro atoms. The molecule has 0 saturated carbocycles. The summed E-state index contributed by atoms with van der Waals surface area (Å²) in [5, 5.41) is 12.0. The predicted octanol–water partition coefficient (Wildman–Crippen LogP) is 3.12. The maximum Gasteiger partial charge on any atom is 0.123 e. The molecule has 0 aliphatic carbocycles. The number of nitrogens with zero attached hydrogens (tertiary/aromatic N) is 3. The Morgan fingerprint density at radius 1 is 1.60 bits per heavy atom. The first-order chi connectivity index (χ1) is 9.41. The Kier molecular flexibility index (Phi) is 4.79. The maximum absolute atomic E-state index is 8.82. The summed E-state index contributed by atoms with van der Waals surface area (Å²) in [5.74, 6) is 0. The molecule has 2 rings (SSSR count). The molecule has 1 fully saturated rings. The first-order valence-electron chi connectivity index (χ1n) is 7.10. The third kappa shape index (κ3) is 3.57. The molecular formula is C15H23N3OS. The molecule has 1 saturated heterocycles. The molecule has 1 aliphatic rings. The molecule has 5 heteroatoms. The molecule has 0 N–H and O–H groups in total. The van der Waals surface area contributed by atoms with Crippen molar-refractivity contribution in [3.05, 3.63) is 16.1 Å². The second-order valence-electron chi connectivity index (χ2n) is 6.39. The Labute approximate surface area is 125 Å². The van der Waals surface area contributed by atoms with Crippen LogP contribution in [-0.4, -0.2) is 35.6 Å². The molecule has 4 nitrogen and oxygen atoms in total. The molecule has 110 valence electrons. The van der Waals surface area contributed by atoms with Crippen molar-refractivity contribution < 1.29 is 4.74 Å². The van der Waals surface area contributed by atoms with Gasteiger partial charge in [0.15, 0.2) is 0 Å². The fourth-order valence-electron chi connectivity index (χ4n) is 2.26. The van der Waals surface area contributed by atoms with Crippen molar-refractivity contribution in [2.75, 3.05) is 19.7 Å². The number of morpholine rings is 1. The van der Waals surface area contributed by atoms with Crippen molar-refractivity contribution >= 4 is 11.3 Å². The molecule has 1 aromatic rings. The molecule has 20 heavy (non-hydrogen) atoms. The van der Waals surface area contributed by atoms with Crippen LogP contribution in [0.15, 0.2) is 5.38 Å². The van der Waals surface area contributed by atoms with E-state index in [0.717, 1.165) is 23.8 Å². The third-order valence-corrected chi connectivity index (χ3v) is 4.61. The molecule has 1 aromatic heterocycles. The molecule has 1 aliphatic heterocycles. The van der Waals surface area contributed by atoms with Crippen molar-refractivity contribution in [1.29, 1.82) is 5.26 Å². The second-order valence-corrected chi connectivity index (χ2v) is 7.28. The first kappa shape index (κ1) is 15.4. The molecule has 0 bridgehead atoms. The van der Waals surface area contributed by atoms with Gasteiger partial charge in [-0.05, 0) is 6.92 Å². The fraction of sp³-hybridized carbons (Fsp3) is 0.733. The van der Waals surface area contributed by atoms with E-state index in [1.807, 2.05) is 0 Å². The first-order valence-corrected chi connectivity index (χ1v) is 7.98. The normalized spacial score (nSPS) is 22.4.